The van der Waals surface area contributed by atoms with Crippen LogP contribution in [0.4, 0.5) is 0 Å². The van der Waals surface area contributed by atoms with E-state index < -0.39 is 11.1 Å². The monoisotopic (exact) mass is 485 g/mol. The lowest BCUT2D eigenvalue weighted by Gasteiger charge is -2.38. The highest BCUT2D eigenvalue weighted by Crippen LogP contribution is 2.41. The number of aromatic amines is 1. The number of nitrogens with one attached hydrogen (secondary N) is 1. The molecule has 1 N–H and O–H groups in total. The number of methoxy groups -OCH3 is 2. The van der Waals surface area contributed by atoms with Crippen LogP contribution in [-0.4, -0.2) is 41.1 Å². The molecule has 1 aliphatic rings. The third kappa shape index (κ3) is 3.84. The molecule has 36 heavy (non-hydrogen) atoms. The van der Waals surface area contributed by atoms with E-state index in [0.29, 0.717) is 47.6 Å². The van der Waals surface area contributed by atoms with Crippen molar-refractivity contribution in [2.75, 3.05) is 20.8 Å². The molecule has 2 heterocycles. The maximum atomic E-state index is 13.9. The van der Waals surface area contributed by atoms with Gasteiger partial charge < -0.3 is 23.9 Å². The molecule has 8 nitrogen and oxygen atoms in total. The fourth-order valence-corrected chi connectivity index (χ4v) is 5.05. The molecule has 4 aromatic rings. The van der Waals surface area contributed by atoms with E-state index in [1.165, 1.54) is 4.57 Å². The van der Waals surface area contributed by atoms with Gasteiger partial charge in [0, 0.05) is 18.7 Å². The van der Waals surface area contributed by atoms with E-state index in [1.54, 1.807) is 39.3 Å². The molecule has 0 fully saturated rings. The number of H-pyrrole nitrogens is 1. The lowest BCUT2D eigenvalue weighted by atomic mass is 9.87. The second-order valence-corrected chi connectivity index (χ2v) is 8.70. The molecule has 184 valence electrons. The Kier molecular flexibility index (Phi) is 6.10. The standard InChI is InChI=1S/C28H27N3O5/c1-4-30-22-11-10-19(14-21(22)29-26(32)28(30)34)27(33)31-13-12-18-15-23(35-2)24(36-3)16-20(18)25(31)17-8-6-5-7-9-17/h5-11,14-16,25H,4,12-13H2,1-3H3,(H,29,32). The first-order valence-corrected chi connectivity index (χ1v) is 11.8. The van der Waals surface area contributed by atoms with Gasteiger partial charge in [0.15, 0.2) is 11.5 Å². The van der Waals surface area contributed by atoms with Crippen LogP contribution < -0.4 is 20.6 Å². The van der Waals surface area contributed by atoms with E-state index in [0.717, 1.165) is 16.7 Å². The predicted octanol–water partition coefficient (Wildman–Crippen LogP) is 3.51. The Morgan fingerprint density at radius 3 is 2.42 bits per heavy atom. The van der Waals surface area contributed by atoms with Crippen molar-refractivity contribution >= 4 is 16.9 Å². The molecule has 1 aliphatic heterocycles. The number of benzene rings is 3. The van der Waals surface area contributed by atoms with Crippen LogP contribution in [0.25, 0.3) is 11.0 Å². The fourth-order valence-electron chi connectivity index (χ4n) is 5.05. The van der Waals surface area contributed by atoms with Gasteiger partial charge in [-0.3, -0.25) is 14.4 Å². The molecule has 1 aromatic heterocycles. The number of hydrogen-bond acceptors (Lipinski definition) is 5. The maximum Gasteiger partial charge on any atom is 0.316 e. The maximum absolute atomic E-state index is 13.9. The average Bonchev–Trinajstić information content (AvgIpc) is 2.92. The number of ether oxygens (including phenoxy) is 2. The molecule has 1 amide bonds. The number of carbonyl (C=O) groups is 1. The molecule has 5 rings (SSSR count). The molecule has 0 saturated carbocycles. The summed E-state index contributed by atoms with van der Waals surface area (Å²) in [4.78, 5) is 42.8. The van der Waals surface area contributed by atoms with Gasteiger partial charge in [-0.2, -0.15) is 0 Å². The Morgan fingerprint density at radius 2 is 1.72 bits per heavy atom. The molecule has 0 spiro atoms. The van der Waals surface area contributed by atoms with Gasteiger partial charge in [-0.05, 0) is 60.4 Å². The molecule has 0 bridgehead atoms. The summed E-state index contributed by atoms with van der Waals surface area (Å²) in [7, 11) is 3.21. The molecule has 1 unspecified atom stereocenters. The van der Waals surface area contributed by atoms with Gasteiger partial charge in [0.2, 0.25) is 0 Å². The number of aromatic nitrogens is 2. The number of rotatable bonds is 5. The Labute approximate surface area is 207 Å². The van der Waals surface area contributed by atoms with E-state index in [2.05, 4.69) is 4.98 Å². The van der Waals surface area contributed by atoms with Crippen molar-refractivity contribution in [3.63, 3.8) is 0 Å². The molecular weight excluding hydrogens is 458 g/mol. The average molecular weight is 486 g/mol. The van der Waals surface area contributed by atoms with E-state index in [-0.39, 0.29) is 11.9 Å². The summed E-state index contributed by atoms with van der Waals surface area (Å²) in [5.41, 5.74) is 3.21. The number of aryl methyl sites for hydroxylation is 1. The van der Waals surface area contributed by atoms with Crippen LogP contribution in [0, 0.1) is 0 Å². The zero-order valence-corrected chi connectivity index (χ0v) is 20.4. The summed E-state index contributed by atoms with van der Waals surface area (Å²) in [6.45, 7) is 2.67. The lowest BCUT2D eigenvalue weighted by Crippen LogP contribution is -2.40. The van der Waals surface area contributed by atoms with Crippen LogP contribution in [0.15, 0.2) is 70.3 Å². The minimum atomic E-state index is -0.705. The zero-order valence-electron chi connectivity index (χ0n) is 20.4. The van der Waals surface area contributed by atoms with Gasteiger partial charge >= 0.3 is 11.1 Å². The molecule has 0 aliphatic carbocycles. The smallest absolute Gasteiger partial charge is 0.316 e. The highest BCUT2D eigenvalue weighted by Gasteiger charge is 2.34. The predicted molar refractivity (Wildman–Crippen MR) is 137 cm³/mol. The molecular formula is C28H27N3O5. The van der Waals surface area contributed by atoms with Crippen molar-refractivity contribution in [2.24, 2.45) is 0 Å². The summed E-state index contributed by atoms with van der Waals surface area (Å²) in [5, 5.41) is 0. The van der Waals surface area contributed by atoms with Crippen molar-refractivity contribution < 1.29 is 14.3 Å². The van der Waals surface area contributed by atoms with Gasteiger partial charge in [0.25, 0.3) is 5.91 Å². The van der Waals surface area contributed by atoms with Gasteiger partial charge in [0.1, 0.15) is 0 Å². The first kappa shape index (κ1) is 23.4. The number of carbonyl (C=O) groups excluding carboxylic acids is 1. The van der Waals surface area contributed by atoms with Crippen molar-refractivity contribution in [3.05, 3.63) is 104 Å². The van der Waals surface area contributed by atoms with Gasteiger partial charge in [0.05, 0.1) is 31.3 Å². The molecule has 1 atom stereocenters. The molecule has 0 saturated heterocycles. The summed E-state index contributed by atoms with van der Waals surface area (Å²) < 4.78 is 12.5. The van der Waals surface area contributed by atoms with Crippen LogP contribution in [0.3, 0.4) is 0 Å². The first-order valence-electron chi connectivity index (χ1n) is 11.8. The lowest BCUT2D eigenvalue weighted by molar-refractivity contribution is 0.0694. The third-order valence-electron chi connectivity index (χ3n) is 6.79. The first-order chi connectivity index (χ1) is 17.5. The minimum Gasteiger partial charge on any atom is -0.493 e. The normalized spacial score (nSPS) is 15.0. The second-order valence-electron chi connectivity index (χ2n) is 8.70. The topological polar surface area (TPSA) is 93.6 Å². The SMILES string of the molecule is CCn1c(=O)c(=O)[nH]c2cc(C(=O)N3CCc4cc(OC)c(OC)cc4C3c3ccccc3)ccc21. The number of amides is 1. The van der Waals surface area contributed by atoms with E-state index in [1.807, 2.05) is 47.4 Å². The van der Waals surface area contributed by atoms with Crippen molar-refractivity contribution in [1.29, 1.82) is 0 Å². The van der Waals surface area contributed by atoms with Gasteiger partial charge in [-0.25, -0.2) is 0 Å². The highest BCUT2D eigenvalue weighted by atomic mass is 16.5. The molecule has 3 aromatic carbocycles. The minimum absolute atomic E-state index is 0.165. The largest absolute Gasteiger partial charge is 0.493 e. The van der Waals surface area contributed by atoms with Crippen molar-refractivity contribution in [2.45, 2.75) is 25.9 Å². The van der Waals surface area contributed by atoms with Crippen LogP contribution in [0.1, 0.15) is 40.0 Å². The van der Waals surface area contributed by atoms with Crippen LogP contribution in [0.2, 0.25) is 0 Å². The Balaban J connectivity index is 1.63. The Hall–Kier alpha value is -4.33. The highest BCUT2D eigenvalue weighted by molar-refractivity contribution is 5.98. The number of hydrogen-bond donors (Lipinski definition) is 1. The zero-order chi connectivity index (χ0) is 25.4. The molecule has 8 heteroatoms. The fraction of sp³-hybridized carbons (Fsp3) is 0.250. The van der Waals surface area contributed by atoms with Gasteiger partial charge in [-0.15, -0.1) is 0 Å². The summed E-state index contributed by atoms with van der Waals surface area (Å²) in [5.74, 6) is 1.09. The van der Waals surface area contributed by atoms with Crippen LogP contribution in [0.5, 0.6) is 11.5 Å². The van der Waals surface area contributed by atoms with E-state index in [9.17, 15) is 14.4 Å². The van der Waals surface area contributed by atoms with Crippen LogP contribution >= 0.6 is 0 Å². The van der Waals surface area contributed by atoms with E-state index in [4.69, 9.17) is 9.47 Å². The van der Waals surface area contributed by atoms with E-state index >= 15 is 0 Å². The summed E-state index contributed by atoms with van der Waals surface area (Å²) in [6, 6.07) is 18.5. The molecule has 0 radical (unpaired) electrons. The Morgan fingerprint density at radius 1 is 1.00 bits per heavy atom. The second kappa shape index (κ2) is 9.37. The van der Waals surface area contributed by atoms with Crippen molar-refractivity contribution in [1.82, 2.24) is 14.5 Å². The summed E-state index contributed by atoms with van der Waals surface area (Å²) in [6.07, 6.45) is 0.657. The van der Waals surface area contributed by atoms with Crippen molar-refractivity contribution in [3.8, 4) is 11.5 Å². The van der Waals surface area contributed by atoms with Gasteiger partial charge in [-0.1, -0.05) is 30.3 Å². The summed E-state index contributed by atoms with van der Waals surface area (Å²) >= 11 is 0. The van der Waals surface area contributed by atoms with Crippen LogP contribution in [-0.2, 0) is 13.0 Å². The Bertz CT molecular complexity index is 1570. The third-order valence-corrected chi connectivity index (χ3v) is 6.79. The number of nitrogens with zero attached hydrogens (tertiary/aromatic N) is 2. The number of fused-ring (bicyclic) bond motifs is 2. The quantitative estimate of drug-likeness (QED) is 0.437.